The van der Waals surface area contributed by atoms with E-state index in [1.54, 1.807) is 6.33 Å². The summed E-state index contributed by atoms with van der Waals surface area (Å²) >= 11 is 2.81. The van der Waals surface area contributed by atoms with Gasteiger partial charge in [0.2, 0.25) is 5.91 Å². The Kier molecular flexibility index (Phi) is 5.96. The summed E-state index contributed by atoms with van der Waals surface area (Å²) in [6.45, 7) is 10.4. The number of benzene rings is 1. The third-order valence-corrected chi connectivity index (χ3v) is 5.83. The van der Waals surface area contributed by atoms with Crippen LogP contribution in [-0.2, 0) is 4.79 Å². The first-order chi connectivity index (χ1) is 12.8. The van der Waals surface area contributed by atoms with Crippen molar-refractivity contribution in [3.05, 3.63) is 40.5 Å². The number of thiazole rings is 1. The standard InChI is InChI=1S/C19H23N5OS2/c1-11(2)24-10-20-23-19(24)27-9-16(25)22-18-21-15(8-26-18)17-13(4)6-12(3)7-14(17)5/h6-8,10-11H,9H2,1-5H3,(H,21,22,25). The van der Waals surface area contributed by atoms with Gasteiger partial charge in [-0.2, -0.15) is 0 Å². The zero-order chi connectivity index (χ0) is 19.6. The Labute approximate surface area is 167 Å². The van der Waals surface area contributed by atoms with Crippen molar-refractivity contribution in [2.24, 2.45) is 0 Å². The van der Waals surface area contributed by atoms with Crippen molar-refractivity contribution in [3.63, 3.8) is 0 Å². The second-order valence-corrected chi connectivity index (χ2v) is 8.56. The van der Waals surface area contributed by atoms with Gasteiger partial charge in [-0.05, 0) is 45.7 Å². The molecule has 142 valence electrons. The van der Waals surface area contributed by atoms with Crippen molar-refractivity contribution < 1.29 is 4.79 Å². The molecule has 0 atom stereocenters. The number of amides is 1. The highest BCUT2D eigenvalue weighted by Gasteiger charge is 2.14. The number of nitrogens with zero attached hydrogens (tertiary/aromatic N) is 4. The Morgan fingerprint density at radius 1 is 1.26 bits per heavy atom. The number of anilines is 1. The maximum atomic E-state index is 12.3. The average Bonchev–Trinajstić information content (AvgIpc) is 3.21. The van der Waals surface area contributed by atoms with E-state index in [0.29, 0.717) is 5.13 Å². The molecule has 0 saturated heterocycles. The van der Waals surface area contributed by atoms with Gasteiger partial charge in [0.05, 0.1) is 11.4 Å². The number of rotatable bonds is 6. The minimum absolute atomic E-state index is 0.100. The smallest absolute Gasteiger partial charge is 0.236 e. The first-order valence-corrected chi connectivity index (χ1v) is 10.6. The Balaban J connectivity index is 1.66. The van der Waals surface area contributed by atoms with Crippen molar-refractivity contribution >= 4 is 34.1 Å². The highest BCUT2D eigenvalue weighted by atomic mass is 32.2. The van der Waals surface area contributed by atoms with Gasteiger partial charge in [0.1, 0.15) is 6.33 Å². The van der Waals surface area contributed by atoms with Gasteiger partial charge < -0.3 is 9.88 Å². The molecular formula is C19H23N5OS2. The van der Waals surface area contributed by atoms with E-state index < -0.39 is 0 Å². The maximum absolute atomic E-state index is 12.3. The Hall–Kier alpha value is -2.19. The zero-order valence-electron chi connectivity index (χ0n) is 16.1. The van der Waals surface area contributed by atoms with Crippen LogP contribution in [0.1, 0.15) is 36.6 Å². The number of aromatic nitrogens is 4. The first-order valence-electron chi connectivity index (χ1n) is 8.71. The SMILES string of the molecule is Cc1cc(C)c(-c2csc(NC(=O)CSc3nncn3C(C)C)n2)c(C)c1. The Morgan fingerprint density at radius 3 is 2.63 bits per heavy atom. The number of aryl methyl sites for hydroxylation is 3. The van der Waals surface area contributed by atoms with Crippen molar-refractivity contribution in [1.82, 2.24) is 19.7 Å². The minimum Gasteiger partial charge on any atom is -0.306 e. The van der Waals surface area contributed by atoms with Crippen LogP contribution in [0.4, 0.5) is 5.13 Å². The molecule has 0 saturated carbocycles. The van der Waals surface area contributed by atoms with Gasteiger partial charge >= 0.3 is 0 Å². The molecule has 3 rings (SSSR count). The van der Waals surface area contributed by atoms with Crippen LogP contribution in [0.15, 0.2) is 29.0 Å². The largest absolute Gasteiger partial charge is 0.306 e. The fourth-order valence-electron chi connectivity index (χ4n) is 3.00. The lowest BCUT2D eigenvalue weighted by atomic mass is 9.98. The second kappa shape index (κ2) is 8.22. The summed E-state index contributed by atoms with van der Waals surface area (Å²) < 4.78 is 1.95. The van der Waals surface area contributed by atoms with Crippen LogP contribution in [0, 0.1) is 20.8 Å². The fourth-order valence-corrected chi connectivity index (χ4v) is 4.57. The van der Waals surface area contributed by atoms with E-state index in [4.69, 9.17) is 0 Å². The van der Waals surface area contributed by atoms with Crippen molar-refractivity contribution in [3.8, 4) is 11.3 Å². The number of hydrogen-bond acceptors (Lipinski definition) is 6. The molecular weight excluding hydrogens is 378 g/mol. The first kappa shape index (κ1) is 19.6. The molecule has 27 heavy (non-hydrogen) atoms. The quantitative estimate of drug-likeness (QED) is 0.609. The molecule has 2 aromatic heterocycles. The molecule has 1 aromatic carbocycles. The predicted octanol–water partition coefficient (Wildman–Crippen LogP) is 4.64. The van der Waals surface area contributed by atoms with Crippen molar-refractivity contribution in [2.75, 3.05) is 11.1 Å². The maximum Gasteiger partial charge on any atom is 0.236 e. The van der Waals surface area contributed by atoms with Crippen LogP contribution in [0.5, 0.6) is 0 Å². The molecule has 1 amide bonds. The summed E-state index contributed by atoms with van der Waals surface area (Å²) in [5, 5.41) is 14.2. The molecule has 0 radical (unpaired) electrons. The minimum atomic E-state index is -0.100. The lowest BCUT2D eigenvalue weighted by Gasteiger charge is -2.09. The fraction of sp³-hybridized carbons (Fsp3) is 0.368. The van der Waals surface area contributed by atoms with E-state index in [-0.39, 0.29) is 17.7 Å². The van der Waals surface area contributed by atoms with E-state index in [9.17, 15) is 4.79 Å². The summed E-state index contributed by atoms with van der Waals surface area (Å²) in [6.07, 6.45) is 1.68. The molecule has 3 aromatic rings. The van der Waals surface area contributed by atoms with Gasteiger partial charge in [0.25, 0.3) is 0 Å². The lowest BCUT2D eigenvalue weighted by molar-refractivity contribution is -0.113. The highest BCUT2D eigenvalue weighted by molar-refractivity contribution is 7.99. The third kappa shape index (κ3) is 4.56. The predicted molar refractivity (Wildman–Crippen MR) is 112 cm³/mol. The van der Waals surface area contributed by atoms with Gasteiger partial charge in [-0.3, -0.25) is 4.79 Å². The van der Waals surface area contributed by atoms with Gasteiger partial charge in [-0.25, -0.2) is 4.98 Å². The molecule has 8 heteroatoms. The summed E-state index contributed by atoms with van der Waals surface area (Å²) in [5.74, 6) is 0.166. The monoisotopic (exact) mass is 401 g/mol. The van der Waals surface area contributed by atoms with Gasteiger partial charge in [-0.1, -0.05) is 29.5 Å². The molecule has 2 heterocycles. The molecule has 0 bridgehead atoms. The number of thioether (sulfide) groups is 1. The second-order valence-electron chi connectivity index (χ2n) is 6.76. The summed E-state index contributed by atoms with van der Waals surface area (Å²) in [6, 6.07) is 4.57. The molecule has 0 aliphatic rings. The topological polar surface area (TPSA) is 72.7 Å². The van der Waals surface area contributed by atoms with E-state index in [1.165, 1.54) is 39.8 Å². The molecule has 6 nitrogen and oxygen atoms in total. The lowest BCUT2D eigenvalue weighted by Crippen LogP contribution is -2.14. The van der Waals surface area contributed by atoms with Crippen molar-refractivity contribution in [2.45, 2.75) is 45.8 Å². The Morgan fingerprint density at radius 2 is 1.96 bits per heavy atom. The number of nitrogens with one attached hydrogen (secondary N) is 1. The van der Waals surface area contributed by atoms with Crippen LogP contribution < -0.4 is 5.32 Å². The summed E-state index contributed by atoms with van der Waals surface area (Å²) in [4.78, 5) is 16.9. The molecule has 0 fully saturated rings. The summed E-state index contributed by atoms with van der Waals surface area (Å²) in [7, 11) is 0. The highest BCUT2D eigenvalue weighted by Crippen LogP contribution is 2.31. The van der Waals surface area contributed by atoms with Crippen LogP contribution in [0.3, 0.4) is 0 Å². The van der Waals surface area contributed by atoms with E-state index in [0.717, 1.165) is 16.4 Å². The van der Waals surface area contributed by atoms with Gasteiger partial charge in [0.15, 0.2) is 10.3 Å². The van der Waals surface area contributed by atoms with E-state index >= 15 is 0 Å². The third-order valence-electron chi connectivity index (χ3n) is 4.11. The number of carbonyl (C=O) groups excluding carboxylic acids is 1. The summed E-state index contributed by atoms with van der Waals surface area (Å²) in [5.41, 5.74) is 5.66. The molecule has 0 unspecified atom stereocenters. The van der Waals surface area contributed by atoms with Gasteiger partial charge in [0, 0.05) is 17.0 Å². The average molecular weight is 402 g/mol. The van der Waals surface area contributed by atoms with Crippen LogP contribution >= 0.6 is 23.1 Å². The van der Waals surface area contributed by atoms with Crippen LogP contribution in [-0.4, -0.2) is 31.4 Å². The van der Waals surface area contributed by atoms with Crippen LogP contribution in [0.2, 0.25) is 0 Å². The van der Waals surface area contributed by atoms with Crippen molar-refractivity contribution in [1.29, 1.82) is 0 Å². The molecule has 1 N–H and O–H groups in total. The van der Waals surface area contributed by atoms with Crippen LogP contribution in [0.25, 0.3) is 11.3 Å². The number of hydrogen-bond donors (Lipinski definition) is 1. The van der Waals surface area contributed by atoms with E-state index in [1.807, 2.05) is 9.95 Å². The Bertz CT molecular complexity index is 938. The molecule has 0 spiro atoms. The molecule has 0 aliphatic heterocycles. The zero-order valence-corrected chi connectivity index (χ0v) is 17.7. The molecule has 0 aliphatic carbocycles. The number of carbonyl (C=O) groups is 1. The normalized spacial score (nSPS) is 11.2. The van der Waals surface area contributed by atoms with E-state index in [2.05, 4.69) is 67.2 Å². The van der Waals surface area contributed by atoms with Gasteiger partial charge in [-0.15, -0.1) is 21.5 Å².